The van der Waals surface area contributed by atoms with Gasteiger partial charge < -0.3 is 5.73 Å². The number of benzene rings is 1. The van der Waals surface area contributed by atoms with E-state index in [1.54, 1.807) is 0 Å². The van der Waals surface area contributed by atoms with Crippen molar-refractivity contribution in [1.29, 1.82) is 0 Å². The van der Waals surface area contributed by atoms with Crippen LogP contribution >= 0.6 is 0 Å². The van der Waals surface area contributed by atoms with Gasteiger partial charge in [0.2, 0.25) is 0 Å². The molecule has 1 aliphatic rings. The van der Waals surface area contributed by atoms with Gasteiger partial charge in [-0.25, -0.2) is 0 Å². The second kappa shape index (κ2) is 5.27. The van der Waals surface area contributed by atoms with Crippen LogP contribution in [0.25, 0.3) is 10.8 Å². The minimum atomic E-state index is 0.312. The van der Waals surface area contributed by atoms with Gasteiger partial charge in [0, 0.05) is 43.5 Å². The number of piperidine rings is 1. The lowest BCUT2D eigenvalue weighted by atomic mass is 9.96. The van der Waals surface area contributed by atoms with Crippen LogP contribution in [0.5, 0.6) is 0 Å². The van der Waals surface area contributed by atoms with Crippen LogP contribution in [0.15, 0.2) is 36.7 Å². The van der Waals surface area contributed by atoms with Gasteiger partial charge in [-0.1, -0.05) is 31.2 Å². The number of likely N-dealkylation sites (tertiary alicyclic amines) is 1. The van der Waals surface area contributed by atoms with Crippen molar-refractivity contribution in [3.63, 3.8) is 0 Å². The SMILES string of the molecule is CC1CC(N)CN(Cc2cncc3ccccc23)C1. The monoisotopic (exact) mass is 255 g/mol. The summed E-state index contributed by atoms with van der Waals surface area (Å²) in [7, 11) is 0. The summed E-state index contributed by atoms with van der Waals surface area (Å²) in [5.74, 6) is 0.687. The van der Waals surface area contributed by atoms with E-state index in [0.29, 0.717) is 12.0 Å². The van der Waals surface area contributed by atoms with E-state index in [1.807, 2.05) is 12.4 Å². The van der Waals surface area contributed by atoms with E-state index in [9.17, 15) is 0 Å². The number of hydrogen-bond donors (Lipinski definition) is 1. The van der Waals surface area contributed by atoms with Gasteiger partial charge in [0.1, 0.15) is 0 Å². The third-order valence-corrected chi connectivity index (χ3v) is 3.91. The molecule has 0 saturated carbocycles. The lowest BCUT2D eigenvalue weighted by Gasteiger charge is -2.34. The second-order valence-electron chi connectivity index (χ2n) is 5.81. The molecule has 1 aromatic heterocycles. The number of nitrogens with two attached hydrogens (primary N) is 1. The Labute approximate surface area is 114 Å². The van der Waals surface area contributed by atoms with Gasteiger partial charge in [0.05, 0.1) is 0 Å². The standard InChI is InChI=1S/C16H21N3/c1-12-6-15(17)11-19(9-12)10-14-8-18-7-13-4-2-3-5-16(13)14/h2-5,7-8,12,15H,6,9-11,17H2,1H3. The van der Waals surface area contributed by atoms with E-state index in [1.165, 1.54) is 16.3 Å². The average Bonchev–Trinajstić information content (AvgIpc) is 2.38. The molecular weight excluding hydrogens is 234 g/mol. The Bertz CT molecular complexity index is 551. The smallest absolute Gasteiger partial charge is 0.0346 e. The summed E-state index contributed by atoms with van der Waals surface area (Å²) in [4.78, 5) is 6.82. The summed E-state index contributed by atoms with van der Waals surface area (Å²) >= 11 is 0. The summed E-state index contributed by atoms with van der Waals surface area (Å²) in [6.45, 7) is 5.37. The van der Waals surface area contributed by atoms with Gasteiger partial charge in [-0.15, -0.1) is 0 Å². The van der Waals surface area contributed by atoms with Crippen molar-refractivity contribution < 1.29 is 0 Å². The lowest BCUT2D eigenvalue weighted by molar-refractivity contribution is 0.159. The zero-order valence-electron chi connectivity index (χ0n) is 11.4. The van der Waals surface area contributed by atoms with Crippen LogP contribution < -0.4 is 5.73 Å². The van der Waals surface area contributed by atoms with Gasteiger partial charge in [0.25, 0.3) is 0 Å². The zero-order chi connectivity index (χ0) is 13.2. The van der Waals surface area contributed by atoms with Gasteiger partial charge in [-0.05, 0) is 23.3 Å². The molecule has 2 atom stereocenters. The van der Waals surface area contributed by atoms with Crippen molar-refractivity contribution in [2.75, 3.05) is 13.1 Å². The third kappa shape index (κ3) is 2.77. The highest BCUT2D eigenvalue weighted by Gasteiger charge is 2.22. The molecule has 1 saturated heterocycles. The Morgan fingerprint density at radius 3 is 2.95 bits per heavy atom. The molecule has 2 heterocycles. The van der Waals surface area contributed by atoms with Crippen molar-refractivity contribution in [1.82, 2.24) is 9.88 Å². The Morgan fingerprint density at radius 2 is 2.11 bits per heavy atom. The Morgan fingerprint density at radius 1 is 1.26 bits per heavy atom. The molecule has 2 unspecified atom stereocenters. The zero-order valence-corrected chi connectivity index (χ0v) is 11.4. The first-order valence-electron chi connectivity index (χ1n) is 7.02. The summed E-state index contributed by atoms with van der Waals surface area (Å²) in [5, 5.41) is 2.53. The molecule has 0 amide bonds. The molecule has 100 valence electrons. The van der Waals surface area contributed by atoms with Crippen molar-refractivity contribution in [2.45, 2.75) is 25.9 Å². The number of rotatable bonds is 2. The Hall–Kier alpha value is -1.45. The van der Waals surface area contributed by atoms with E-state index in [4.69, 9.17) is 5.73 Å². The average molecular weight is 255 g/mol. The summed E-state index contributed by atoms with van der Waals surface area (Å²) < 4.78 is 0. The largest absolute Gasteiger partial charge is 0.327 e. The minimum absolute atomic E-state index is 0.312. The van der Waals surface area contributed by atoms with Crippen LogP contribution in [0.4, 0.5) is 0 Å². The summed E-state index contributed by atoms with van der Waals surface area (Å²) in [5.41, 5.74) is 7.43. The van der Waals surface area contributed by atoms with E-state index in [2.05, 4.69) is 41.1 Å². The molecule has 1 fully saturated rings. The van der Waals surface area contributed by atoms with Gasteiger partial charge in [0.15, 0.2) is 0 Å². The Kier molecular flexibility index (Phi) is 3.49. The molecule has 2 N–H and O–H groups in total. The van der Waals surface area contributed by atoms with E-state index in [0.717, 1.165) is 26.1 Å². The van der Waals surface area contributed by atoms with Crippen molar-refractivity contribution in [3.8, 4) is 0 Å². The predicted molar refractivity (Wildman–Crippen MR) is 78.8 cm³/mol. The topological polar surface area (TPSA) is 42.1 Å². The highest BCUT2D eigenvalue weighted by atomic mass is 15.1. The molecule has 0 spiro atoms. The molecule has 0 bridgehead atoms. The van der Waals surface area contributed by atoms with Crippen LogP contribution in [0.2, 0.25) is 0 Å². The highest BCUT2D eigenvalue weighted by Crippen LogP contribution is 2.21. The van der Waals surface area contributed by atoms with Crippen molar-refractivity contribution in [3.05, 3.63) is 42.2 Å². The summed E-state index contributed by atoms with van der Waals surface area (Å²) in [6, 6.07) is 8.77. The number of hydrogen-bond acceptors (Lipinski definition) is 3. The fourth-order valence-electron chi connectivity index (χ4n) is 3.19. The molecule has 19 heavy (non-hydrogen) atoms. The van der Waals surface area contributed by atoms with E-state index < -0.39 is 0 Å². The number of pyridine rings is 1. The number of fused-ring (bicyclic) bond motifs is 1. The second-order valence-corrected chi connectivity index (χ2v) is 5.81. The van der Waals surface area contributed by atoms with Crippen LogP contribution in [0.1, 0.15) is 18.9 Å². The highest BCUT2D eigenvalue weighted by molar-refractivity contribution is 5.84. The normalized spacial score (nSPS) is 24.7. The molecule has 1 aliphatic heterocycles. The fraction of sp³-hybridized carbons (Fsp3) is 0.438. The fourth-order valence-corrected chi connectivity index (χ4v) is 3.19. The van der Waals surface area contributed by atoms with Gasteiger partial charge in [-0.2, -0.15) is 0 Å². The molecule has 0 radical (unpaired) electrons. The third-order valence-electron chi connectivity index (χ3n) is 3.91. The predicted octanol–water partition coefficient (Wildman–Crippen LogP) is 2.40. The van der Waals surface area contributed by atoms with E-state index >= 15 is 0 Å². The number of nitrogens with zero attached hydrogens (tertiary/aromatic N) is 2. The number of aromatic nitrogens is 1. The first kappa shape index (κ1) is 12.6. The minimum Gasteiger partial charge on any atom is -0.327 e. The summed E-state index contributed by atoms with van der Waals surface area (Å²) in [6.07, 6.45) is 5.07. The van der Waals surface area contributed by atoms with E-state index in [-0.39, 0.29) is 0 Å². The quantitative estimate of drug-likeness (QED) is 0.896. The van der Waals surface area contributed by atoms with Crippen LogP contribution in [0, 0.1) is 5.92 Å². The molecule has 3 rings (SSSR count). The van der Waals surface area contributed by atoms with Gasteiger partial charge >= 0.3 is 0 Å². The first-order chi connectivity index (χ1) is 9.22. The Balaban J connectivity index is 1.85. The molecule has 3 heteroatoms. The van der Waals surface area contributed by atoms with Crippen LogP contribution in [-0.4, -0.2) is 29.0 Å². The maximum Gasteiger partial charge on any atom is 0.0346 e. The molecule has 2 aromatic rings. The maximum atomic E-state index is 6.12. The van der Waals surface area contributed by atoms with Crippen molar-refractivity contribution in [2.24, 2.45) is 11.7 Å². The van der Waals surface area contributed by atoms with Crippen LogP contribution in [0.3, 0.4) is 0 Å². The first-order valence-corrected chi connectivity index (χ1v) is 7.02. The lowest BCUT2D eigenvalue weighted by Crippen LogP contribution is -2.45. The van der Waals surface area contributed by atoms with Gasteiger partial charge in [-0.3, -0.25) is 9.88 Å². The molecular formula is C16H21N3. The molecule has 3 nitrogen and oxygen atoms in total. The molecule has 0 aliphatic carbocycles. The molecule has 1 aromatic carbocycles. The van der Waals surface area contributed by atoms with Crippen molar-refractivity contribution >= 4 is 10.8 Å². The van der Waals surface area contributed by atoms with Crippen LogP contribution in [-0.2, 0) is 6.54 Å². The maximum absolute atomic E-state index is 6.12.